The van der Waals surface area contributed by atoms with Gasteiger partial charge in [0, 0.05) is 34.6 Å². The number of halogens is 2. The van der Waals surface area contributed by atoms with Crippen molar-refractivity contribution in [3.63, 3.8) is 0 Å². The molecular weight excluding hydrogens is 328 g/mol. The van der Waals surface area contributed by atoms with Gasteiger partial charge < -0.3 is 6.15 Å². The molecule has 0 bridgehead atoms. The van der Waals surface area contributed by atoms with Gasteiger partial charge in [0.25, 0.3) is 0 Å². The maximum atomic E-state index is 2.27. The molecule has 0 aliphatic heterocycles. The van der Waals surface area contributed by atoms with Crippen LogP contribution >= 0.6 is 24.8 Å². The van der Waals surface area contributed by atoms with Gasteiger partial charge in [-0.25, -0.2) is 0 Å². The second-order valence-corrected chi connectivity index (χ2v) is 4.50. The number of rotatable bonds is 0. The molecule has 2 N–H and O–H groups in total. The minimum atomic E-state index is 0. The molecule has 0 saturated carbocycles. The van der Waals surface area contributed by atoms with Crippen LogP contribution in [0.15, 0.2) is 0 Å². The summed E-state index contributed by atoms with van der Waals surface area (Å²) >= 11 is 0. The van der Waals surface area contributed by atoms with Crippen LogP contribution in [0, 0.1) is 0 Å². The van der Waals surface area contributed by atoms with Gasteiger partial charge in [-0.15, -0.1) is 24.8 Å². The van der Waals surface area contributed by atoms with Gasteiger partial charge in [0.2, 0.25) is 0 Å². The van der Waals surface area contributed by atoms with Crippen molar-refractivity contribution in [3.8, 4) is 0 Å². The van der Waals surface area contributed by atoms with Crippen LogP contribution in [0.5, 0.6) is 0 Å². The van der Waals surface area contributed by atoms with Crippen LogP contribution in [0.1, 0.15) is 0 Å². The van der Waals surface area contributed by atoms with E-state index in [0.717, 1.165) is 0 Å². The summed E-state index contributed by atoms with van der Waals surface area (Å²) in [5.74, 6) is 0. The van der Waals surface area contributed by atoms with E-state index < -0.39 is 0 Å². The molecule has 0 aliphatic rings. The maximum Gasteiger partial charge on any atom is 0.0379 e. The van der Waals surface area contributed by atoms with Crippen LogP contribution < -0.4 is 0 Å². The molecule has 53 valence electrons. The normalized spacial score (nSPS) is 4.50. The van der Waals surface area contributed by atoms with Gasteiger partial charge in [-0.1, -0.05) is 19.6 Å². The molecule has 0 aromatic rings. The van der Waals surface area contributed by atoms with E-state index in [0.29, 0.717) is 0 Å². The predicted octanol–water partition coefficient (Wildman–Crippen LogP) is 2.93. The first kappa shape index (κ1) is 33.5. The smallest absolute Gasteiger partial charge is 0.0379 e. The van der Waals surface area contributed by atoms with Crippen molar-refractivity contribution in [2.24, 2.45) is 0 Å². The van der Waals surface area contributed by atoms with Crippen LogP contribution in [0.25, 0.3) is 6.15 Å². The standard InChI is InChI=1S/C3H9Si.2ClH.Hf.H2N/c1-4(2)3;;;;/h1-3H3;2*1H;;1H2/q;;;;-1. The molecule has 0 heterocycles. The Morgan fingerprint density at radius 1 is 0.875 bits per heavy atom. The fraction of sp³-hybridized carbons (Fsp3) is 1.00. The fourth-order valence-corrected chi connectivity index (χ4v) is 0. The zero-order valence-electron chi connectivity index (χ0n) is 5.39. The van der Waals surface area contributed by atoms with Gasteiger partial charge in [0.15, 0.2) is 0 Å². The van der Waals surface area contributed by atoms with Crippen LogP contribution in [0.4, 0.5) is 0 Å². The molecule has 1 nitrogen and oxygen atoms in total. The first-order valence-electron chi connectivity index (χ1n) is 1.50. The van der Waals surface area contributed by atoms with Crippen molar-refractivity contribution in [2.45, 2.75) is 19.6 Å². The van der Waals surface area contributed by atoms with Crippen molar-refractivity contribution in [2.75, 3.05) is 0 Å². The van der Waals surface area contributed by atoms with E-state index in [2.05, 4.69) is 19.6 Å². The van der Waals surface area contributed by atoms with Crippen molar-refractivity contribution in [1.29, 1.82) is 0 Å². The van der Waals surface area contributed by atoms with Crippen LogP contribution in [-0.2, 0) is 25.8 Å². The van der Waals surface area contributed by atoms with E-state index in [1.807, 2.05) is 0 Å². The van der Waals surface area contributed by atoms with Crippen LogP contribution in [-0.4, -0.2) is 8.80 Å². The second kappa shape index (κ2) is 23.4. The molecule has 0 saturated heterocycles. The van der Waals surface area contributed by atoms with E-state index in [9.17, 15) is 0 Å². The summed E-state index contributed by atoms with van der Waals surface area (Å²) in [6.07, 6.45) is 0. The third-order valence-electron chi connectivity index (χ3n) is 0. The summed E-state index contributed by atoms with van der Waals surface area (Å²) in [5, 5.41) is 0. The molecule has 1 radical (unpaired) electrons. The SMILES string of the molecule is C[Si](C)C.Cl.Cl.[Hf].[NH2-]. The Morgan fingerprint density at radius 2 is 0.875 bits per heavy atom. The Labute approximate surface area is 84.8 Å². The summed E-state index contributed by atoms with van der Waals surface area (Å²) in [7, 11) is 0.120. The Balaban J connectivity index is -0.00000000750. The Morgan fingerprint density at radius 3 is 0.875 bits per heavy atom. The molecule has 0 atom stereocenters. The van der Waals surface area contributed by atoms with Gasteiger partial charge in [0.05, 0.1) is 0 Å². The maximum absolute atomic E-state index is 2.27. The minimum absolute atomic E-state index is 0. The summed E-state index contributed by atoms with van der Waals surface area (Å²) < 4.78 is 0. The Kier molecular flexibility index (Phi) is 98.1. The van der Waals surface area contributed by atoms with Gasteiger partial charge in [0.1, 0.15) is 0 Å². The molecule has 0 aliphatic carbocycles. The van der Waals surface area contributed by atoms with E-state index in [1.165, 1.54) is 0 Å². The quantitative estimate of drug-likeness (QED) is 0.608. The van der Waals surface area contributed by atoms with Crippen LogP contribution in [0.3, 0.4) is 0 Å². The van der Waals surface area contributed by atoms with Crippen molar-refractivity contribution < 1.29 is 25.8 Å². The molecule has 0 aromatic heterocycles. The van der Waals surface area contributed by atoms with Gasteiger partial charge in [-0.2, -0.15) is 0 Å². The van der Waals surface area contributed by atoms with Crippen molar-refractivity contribution in [3.05, 3.63) is 6.15 Å². The molecule has 0 rings (SSSR count). The Bertz CT molecular complexity index is 22.0. The van der Waals surface area contributed by atoms with Gasteiger partial charge >= 0.3 is 0 Å². The largest absolute Gasteiger partial charge is 0.693 e. The van der Waals surface area contributed by atoms with Gasteiger partial charge in [-0.3, -0.25) is 0 Å². The zero-order chi connectivity index (χ0) is 3.58. The zero-order valence-corrected chi connectivity index (χ0v) is 11.6. The molecule has 0 aromatic carbocycles. The molecule has 0 unspecified atom stereocenters. The third kappa shape index (κ3) is 127. The first-order valence-corrected chi connectivity index (χ1v) is 4.50. The monoisotopic (exact) mass is 341 g/mol. The van der Waals surface area contributed by atoms with E-state index in [1.54, 1.807) is 0 Å². The predicted molar refractivity (Wildman–Crippen MR) is 43.1 cm³/mol. The summed E-state index contributed by atoms with van der Waals surface area (Å²) in [4.78, 5) is 0. The minimum Gasteiger partial charge on any atom is -0.693 e. The van der Waals surface area contributed by atoms with E-state index in [4.69, 9.17) is 0 Å². The van der Waals surface area contributed by atoms with Crippen molar-refractivity contribution in [1.82, 2.24) is 0 Å². The number of hydrogen-bond donors (Lipinski definition) is 0. The summed E-state index contributed by atoms with van der Waals surface area (Å²) in [6, 6.07) is 0. The molecule has 8 heavy (non-hydrogen) atoms. The van der Waals surface area contributed by atoms with Crippen LogP contribution in [0.2, 0.25) is 19.6 Å². The third-order valence-corrected chi connectivity index (χ3v) is 0. The van der Waals surface area contributed by atoms with E-state index >= 15 is 0 Å². The molecule has 5 heteroatoms. The summed E-state index contributed by atoms with van der Waals surface area (Å²) in [6.45, 7) is 6.81. The Hall–Kier alpha value is 1.63. The number of nitrogens with two attached hydrogens (primary N) is 1. The average Bonchev–Trinajstić information content (AvgIpc) is 0.811. The molecule has 0 fully saturated rings. The number of hydrogen-bond acceptors (Lipinski definition) is 0. The topological polar surface area (TPSA) is 33.5 Å². The average molecular weight is 341 g/mol. The molecule has 0 amide bonds. The van der Waals surface area contributed by atoms with E-state index in [-0.39, 0.29) is 65.6 Å². The second-order valence-electron chi connectivity index (χ2n) is 1.50. The first-order chi connectivity index (χ1) is 1.73. The summed E-state index contributed by atoms with van der Waals surface area (Å²) in [5.41, 5.74) is 0. The molecule has 0 spiro atoms. The molecular formula is C3H13Cl2HfNSi-. The van der Waals surface area contributed by atoms with Gasteiger partial charge in [-0.05, 0) is 0 Å². The fourth-order valence-electron chi connectivity index (χ4n) is 0. The van der Waals surface area contributed by atoms with Crippen molar-refractivity contribution >= 4 is 33.6 Å².